The number of piperidine rings is 1. The summed E-state index contributed by atoms with van der Waals surface area (Å²) >= 11 is 0.729. The van der Waals surface area contributed by atoms with Crippen LogP contribution >= 0.6 is 11.3 Å². The number of aromatic hydroxyl groups is 1. The monoisotopic (exact) mass is 398 g/mol. The van der Waals surface area contributed by atoms with Crippen LogP contribution in [0.2, 0.25) is 1.41 Å². The van der Waals surface area contributed by atoms with Crippen molar-refractivity contribution in [3.63, 3.8) is 0 Å². The Labute approximate surface area is 173 Å². The van der Waals surface area contributed by atoms with Crippen LogP contribution in [0.15, 0.2) is 16.2 Å². The van der Waals surface area contributed by atoms with Crippen LogP contribution in [-0.2, 0) is 0 Å². The topological polar surface area (TPSA) is 74.6 Å². The molecule has 2 unspecified atom stereocenters. The lowest BCUT2D eigenvalue weighted by atomic mass is 9.99. The molecular formula is C20H29N3O3S. The van der Waals surface area contributed by atoms with E-state index in [0.29, 0.717) is 25.9 Å². The van der Waals surface area contributed by atoms with Crippen molar-refractivity contribution >= 4 is 27.5 Å². The Balaban J connectivity index is 1.93. The number of aromatic nitrogens is 1. The Morgan fingerprint density at radius 1 is 1.59 bits per heavy atom. The molecule has 0 bridgehead atoms. The lowest BCUT2D eigenvalue weighted by Gasteiger charge is -2.30. The summed E-state index contributed by atoms with van der Waals surface area (Å²) in [6.07, 6.45) is 0.933. The van der Waals surface area contributed by atoms with Crippen molar-refractivity contribution in [3.05, 3.63) is 27.3 Å². The Morgan fingerprint density at radius 3 is 2.96 bits per heavy atom. The average molecular weight is 399 g/mol. The molecule has 3 heterocycles. The summed E-state index contributed by atoms with van der Waals surface area (Å²) in [5.74, 6) is -2.68. The summed E-state index contributed by atoms with van der Waals surface area (Å²) in [6, 6.07) is -2.00. The molecule has 2 aromatic rings. The third kappa shape index (κ3) is 4.19. The van der Waals surface area contributed by atoms with Gasteiger partial charge in [0.1, 0.15) is 16.1 Å². The number of pyridine rings is 1. The predicted molar refractivity (Wildman–Crippen MR) is 110 cm³/mol. The van der Waals surface area contributed by atoms with Crippen molar-refractivity contribution in [2.24, 2.45) is 5.89 Å². The van der Waals surface area contributed by atoms with Gasteiger partial charge >= 0.3 is 0 Å². The van der Waals surface area contributed by atoms with Gasteiger partial charge in [-0.3, -0.25) is 14.2 Å². The van der Waals surface area contributed by atoms with E-state index in [0.717, 1.165) is 15.9 Å². The number of carbonyl (C=O) groups is 1. The summed E-state index contributed by atoms with van der Waals surface area (Å²) in [7, 11) is 0. The van der Waals surface area contributed by atoms with Crippen LogP contribution in [0.5, 0.6) is 5.75 Å². The first-order chi connectivity index (χ1) is 15.6. The number of amides is 1. The highest BCUT2D eigenvalue weighted by Gasteiger charge is 2.23. The summed E-state index contributed by atoms with van der Waals surface area (Å²) in [6.45, 7) is 3.17. The lowest BCUT2D eigenvalue weighted by Crippen LogP contribution is -2.37. The molecule has 6 nitrogen and oxygen atoms in total. The van der Waals surface area contributed by atoms with Crippen LogP contribution in [-0.4, -0.2) is 46.6 Å². The number of fused-ring (bicyclic) bond motifs is 1. The van der Waals surface area contributed by atoms with Crippen LogP contribution in [0.1, 0.15) is 64.6 Å². The van der Waals surface area contributed by atoms with E-state index in [1.54, 1.807) is 4.90 Å². The van der Waals surface area contributed by atoms with Gasteiger partial charge in [-0.2, -0.15) is 0 Å². The largest absolute Gasteiger partial charge is 0.506 e. The molecule has 1 aliphatic rings. The number of carbonyl (C=O) groups excluding carboxylic acids is 1. The highest BCUT2D eigenvalue weighted by Crippen LogP contribution is 2.31. The Bertz CT molecular complexity index is 1150. The zero-order valence-corrected chi connectivity index (χ0v) is 16.5. The van der Waals surface area contributed by atoms with Gasteiger partial charge in [-0.15, -0.1) is 11.3 Å². The standard InChI is InChI=1S/C20H29N3O3S/c1-13(2)23-19(26)16(17(24)15-7-12-27-20(15)23)18(25)21-8-4-9-22-10-5-14(3)6-11-22/h7,12-14,24H,4-6,8-11H2,1-3H3,(H,21,25)/i7D,8D,9D,12D,13D,14D/hD. The maximum atomic E-state index is 13.2. The normalized spacial score (nSPS) is 23.9. The van der Waals surface area contributed by atoms with Gasteiger partial charge in [0.2, 0.25) is 0 Å². The summed E-state index contributed by atoms with van der Waals surface area (Å²) in [4.78, 5) is 28.1. The zero-order chi connectivity index (χ0) is 25.7. The molecule has 148 valence electrons. The molecule has 27 heavy (non-hydrogen) atoms. The quantitative estimate of drug-likeness (QED) is 0.784. The third-order valence-corrected chi connectivity index (χ3v) is 5.41. The number of nitrogens with one attached hydrogen (secondary N) is 1. The van der Waals surface area contributed by atoms with E-state index in [1.165, 1.54) is 13.8 Å². The van der Waals surface area contributed by atoms with E-state index in [1.807, 2.05) is 6.92 Å². The average Bonchev–Trinajstić information content (AvgIpc) is 3.00. The fourth-order valence-corrected chi connectivity index (χ4v) is 3.92. The predicted octanol–water partition coefficient (Wildman–Crippen LogP) is 3.20. The van der Waals surface area contributed by atoms with E-state index in [4.69, 9.17) is 9.64 Å². The van der Waals surface area contributed by atoms with Crippen LogP contribution in [0.3, 0.4) is 0 Å². The van der Waals surface area contributed by atoms with Crippen LogP contribution in [0.25, 0.3) is 10.2 Å². The molecule has 0 saturated carbocycles. The Morgan fingerprint density at radius 2 is 2.30 bits per heavy atom. The number of nitrogens with zero attached hydrogens (tertiary/aromatic N) is 2. The van der Waals surface area contributed by atoms with Crippen molar-refractivity contribution < 1.29 is 19.5 Å². The van der Waals surface area contributed by atoms with Gasteiger partial charge in [0.15, 0.2) is 1.41 Å². The molecule has 2 N–H and O–H groups in total. The van der Waals surface area contributed by atoms with E-state index in [-0.39, 0.29) is 27.3 Å². The molecule has 2 aromatic heterocycles. The molecule has 1 fully saturated rings. The maximum Gasteiger partial charge on any atom is 0.268 e. The molecule has 3 rings (SSSR count). The second kappa shape index (κ2) is 8.44. The molecule has 1 amide bonds. The van der Waals surface area contributed by atoms with Crippen molar-refractivity contribution in [2.45, 2.75) is 46.1 Å². The third-order valence-electron chi connectivity index (χ3n) is 4.62. The highest BCUT2D eigenvalue weighted by molar-refractivity contribution is 7.16. The van der Waals surface area contributed by atoms with Crippen LogP contribution in [0.4, 0.5) is 0 Å². The minimum atomic E-state index is -1.60. The van der Waals surface area contributed by atoms with E-state index < -0.39 is 53.8 Å². The van der Waals surface area contributed by atoms with E-state index in [9.17, 15) is 14.7 Å². The fourth-order valence-electron chi connectivity index (χ4n) is 3.06. The molecular weight excluding hydrogens is 362 g/mol. The molecule has 0 aliphatic carbocycles. The lowest BCUT2D eigenvalue weighted by molar-refractivity contribution is 0.0946. The fraction of sp³-hybridized carbons (Fsp3) is 0.600. The molecule has 0 aromatic carbocycles. The van der Waals surface area contributed by atoms with Crippen LogP contribution in [0, 0.1) is 5.89 Å². The Hall–Kier alpha value is -1.86. The molecule has 0 spiro atoms. The minimum Gasteiger partial charge on any atom is -0.506 e. The van der Waals surface area contributed by atoms with Crippen molar-refractivity contribution in [1.82, 2.24) is 14.8 Å². The molecule has 1 saturated heterocycles. The van der Waals surface area contributed by atoms with Gasteiger partial charge in [0, 0.05) is 16.7 Å². The second-order valence-corrected chi connectivity index (χ2v) is 7.64. The smallest absolute Gasteiger partial charge is 0.268 e. The van der Waals surface area contributed by atoms with Crippen molar-refractivity contribution in [2.75, 3.05) is 26.1 Å². The Kier molecular flexibility index (Phi) is 3.93. The van der Waals surface area contributed by atoms with Crippen LogP contribution < -0.4 is 10.9 Å². The first-order valence-corrected chi connectivity index (χ1v) is 9.67. The number of thiophene rings is 1. The molecule has 2 atom stereocenters. The SMILES string of the molecule is [2H]c1sc2c(c1[2H])c(O)c(C(=O)N([2H])C([2H])CC([2H])N1CCC([2H])(C)CC1)c(=O)n2C([2H])(C)C. The van der Waals surface area contributed by atoms with Gasteiger partial charge in [-0.1, -0.05) is 6.92 Å². The van der Waals surface area contributed by atoms with Crippen molar-refractivity contribution in [3.8, 4) is 5.75 Å². The minimum absolute atomic E-state index is 0.00529. The zero-order valence-electron chi connectivity index (χ0n) is 22.7. The first-order valence-electron chi connectivity index (χ1n) is 12.5. The molecule has 7 heteroatoms. The first kappa shape index (κ1) is 12.6. The van der Waals surface area contributed by atoms with Gasteiger partial charge in [0.05, 0.1) is 9.50 Å². The maximum absolute atomic E-state index is 13.2. The van der Waals surface area contributed by atoms with Crippen molar-refractivity contribution in [1.29, 1.82) is 0 Å². The number of rotatable bonds is 6. The summed E-state index contributed by atoms with van der Waals surface area (Å²) in [5, 5.41) is 10.5. The second-order valence-electron chi connectivity index (χ2n) is 6.85. The summed E-state index contributed by atoms with van der Waals surface area (Å²) in [5.41, 5.74) is -1.88. The molecule has 0 radical (unpaired) electrons. The number of likely N-dealkylation sites (tertiary alicyclic amines) is 1. The van der Waals surface area contributed by atoms with Gasteiger partial charge in [0.25, 0.3) is 11.5 Å². The number of hydrogen-bond acceptors (Lipinski definition) is 5. The van der Waals surface area contributed by atoms with Gasteiger partial charge < -0.3 is 15.3 Å². The number of hydrogen-bond donors (Lipinski definition) is 2. The molecule has 1 aliphatic heterocycles. The van der Waals surface area contributed by atoms with Gasteiger partial charge in [-0.25, -0.2) is 0 Å². The summed E-state index contributed by atoms with van der Waals surface area (Å²) < 4.78 is 58.0. The van der Waals surface area contributed by atoms with Gasteiger partial charge in [-0.05, 0) is 70.0 Å². The van der Waals surface area contributed by atoms with E-state index in [2.05, 4.69) is 0 Å². The highest BCUT2D eigenvalue weighted by atomic mass is 32.1. The van der Waals surface area contributed by atoms with E-state index >= 15 is 0 Å².